The zero-order chi connectivity index (χ0) is 18.2. The molecule has 2 aliphatic rings. The minimum atomic E-state index is -0.00553. The number of rotatable bonds is 3. The van der Waals surface area contributed by atoms with E-state index in [0.717, 1.165) is 47.4 Å². The fourth-order valence-electron chi connectivity index (χ4n) is 4.26. The van der Waals surface area contributed by atoms with Crippen LogP contribution in [0.25, 0.3) is 10.9 Å². The molecule has 27 heavy (non-hydrogen) atoms. The van der Waals surface area contributed by atoms with Crippen LogP contribution in [0, 0.1) is 0 Å². The van der Waals surface area contributed by atoms with E-state index < -0.39 is 0 Å². The lowest BCUT2D eigenvalue weighted by Crippen LogP contribution is -2.27. The van der Waals surface area contributed by atoms with E-state index in [1.54, 1.807) is 0 Å². The number of aromatic nitrogens is 1. The van der Waals surface area contributed by atoms with Crippen LogP contribution in [-0.2, 0) is 6.54 Å². The Balaban J connectivity index is 1.48. The molecule has 0 bridgehead atoms. The molecule has 2 aliphatic heterocycles. The maximum Gasteiger partial charge on any atom is 0.252 e. The molecule has 0 saturated carbocycles. The number of nitrogens with zero attached hydrogens (tertiary/aromatic N) is 1. The molecule has 138 valence electrons. The fourth-order valence-corrected chi connectivity index (χ4v) is 4.26. The van der Waals surface area contributed by atoms with Gasteiger partial charge in [0, 0.05) is 29.2 Å². The predicted octanol–water partition coefficient (Wildman–Crippen LogP) is 3.64. The van der Waals surface area contributed by atoms with Crippen molar-refractivity contribution in [2.24, 2.45) is 0 Å². The summed E-state index contributed by atoms with van der Waals surface area (Å²) in [5, 5.41) is 1.07. The van der Waals surface area contributed by atoms with Gasteiger partial charge in [0.1, 0.15) is 13.2 Å². The second-order valence-electron chi connectivity index (χ2n) is 7.21. The molecule has 3 heterocycles. The van der Waals surface area contributed by atoms with Gasteiger partial charge < -0.3 is 14.5 Å². The van der Waals surface area contributed by atoms with Crippen LogP contribution in [0.15, 0.2) is 53.3 Å². The highest BCUT2D eigenvalue weighted by atomic mass is 16.6. The van der Waals surface area contributed by atoms with Crippen LogP contribution in [0.4, 0.5) is 0 Å². The largest absolute Gasteiger partial charge is 0.486 e. The van der Waals surface area contributed by atoms with Crippen LogP contribution < -0.4 is 15.0 Å². The van der Waals surface area contributed by atoms with E-state index in [1.807, 2.05) is 42.5 Å². The first-order valence-electron chi connectivity index (χ1n) is 9.53. The Morgan fingerprint density at radius 1 is 1.07 bits per heavy atom. The second kappa shape index (κ2) is 6.74. The molecule has 1 unspecified atom stereocenters. The number of fused-ring (bicyclic) bond motifs is 2. The molecule has 5 heteroatoms. The van der Waals surface area contributed by atoms with E-state index in [1.165, 1.54) is 5.56 Å². The molecule has 0 spiro atoms. The lowest BCUT2D eigenvalue weighted by molar-refractivity contribution is 0.163. The number of para-hydroxylation sites is 2. The molecule has 1 aromatic heterocycles. The Morgan fingerprint density at radius 2 is 1.96 bits per heavy atom. The summed E-state index contributed by atoms with van der Waals surface area (Å²) < 4.78 is 11.7. The number of hydrogen-bond donors (Lipinski definition) is 1. The highest BCUT2D eigenvalue weighted by molar-refractivity contribution is 5.78. The van der Waals surface area contributed by atoms with Crippen molar-refractivity contribution < 1.29 is 9.47 Å². The van der Waals surface area contributed by atoms with Crippen LogP contribution in [0.2, 0.25) is 0 Å². The minimum Gasteiger partial charge on any atom is -0.486 e. The number of aromatic amines is 1. The molecule has 1 fully saturated rings. The van der Waals surface area contributed by atoms with Crippen LogP contribution >= 0.6 is 0 Å². The van der Waals surface area contributed by atoms with Gasteiger partial charge in [-0.25, -0.2) is 0 Å². The summed E-state index contributed by atoms with van der Waals surface area (Å²) in [6, 6.07) is 16.3. The molecular weight excluding hydrogens is 340 g/mol. The summed E-state index contributed by atoms with van der Waals surface area (Å²) in [5.41, 5.74) is 2.85. The van der Waals surface area contributed by atoms with E-state index in [0.29, 0.717) is 19.8 Å². The summed E-state index contributed by atoms with van der Waals surface area (Å²) in [5.74, 6) is 1.70. The molecule has 1 atom stereocenters. The zero-order valence-electron chi connectivity index (χ0n) is 15.1. The van der Waals surface area contributed by atoms with Gasteiger partial charge in [-0.2, -0.15) is 0 Å². The summed E-state index contributed by atoms with van der Waals surface area (Å²) in [7, 11) is 0. The Bertz CT molecular complexity index is 1040. The lowest BCUT2D eigenvalue weighted by Gasteiger charge is -2.28. The van der Waals surface area contributed by atoms with Crippen molar-refractivity contribution in [1.82, 2.24) is 9.88 Å². The molecule has 0 aliphatic carbocycles. The van der Waals surface area contributed by atoms with Crippen molar-refractivity contribution in [1.29, 1.82) is 0 Å². The van der Waals surface area contributed by atoms with Gasteiger partial charge in [0.25, 0.3) is 5.56 Å². The van der Waals surface area contributed by atoms with E-state index in [4.69, 9.17) is 9.47 Å². The van der Waals surface area contributed by atoms with Gasteiger partial charge >= 0.3 is 0 Å². The van der Waals surface area contributed by atoms with Gasteiger partial charge in [0.05, 0.1) is 0 Å². The SMILES string of the molecule is O=c1[nH]c2ccccc2cc1CN1CCCC1c1cccc2c1OCCO2. The first-order chi connectivity index (χ1) is 13.3. The molecule has 2 aromatic carbocycles. The maximum absolute atomic E-state index is 12.6. The number of benzene rings is 2. The number of likely N-dealkylation sites (tertiary alicyclic amines) is 1. The first kappa shape index (κ1) is 16.4. The first-order valence-corrected chi connectivity index (χ1v) is 9.53. The summed E-state index contributed by atoms with van der Waals surface area (Å²) in [4.78, 5) is 18.0. The Hall–Kier alpha value is -2.79. The third-order valence-electron chi connectivity index (χ3n) is 5.52. The molecule has 3 aromatic rings. The van der Waals surface area contributed by atoms with Crippen LogP contribution in [0.5, 0.6) is 11.5 Å². The molecule has 1 saturated heterocycles. The van der Waals surface area contributed by atoms with E-state index >= 15 is 0 Å². The lowest BCUT2D eigenvalue weighted by atomic mass is 10.0. The molecule has 0 radical (unpaired) electrons. The van der Waals surface area contributed by atoms with Crippen molar-refractivity contribution in [2.45, 2.75) is 25.4 Å². The highest BCUT2D eigenvalue weighted by Crippen LogP contribution is 2.43. The molecular formula is C22H22N2O3. The van der Waals surface area contributed by atoms with Crippen molar-refractivity contribution in [3.05, 3.63) is 70.0 Å². The minimum absolute atomic E-state index is 0.00553. The van der Waals surface area contributed by atoms with Gasteiger partial charge in [-0.3, -0.25) is 9.69 Å². The van der Waals surface area contributed by atoms with Crippen LogP contribution in [0.3, 0.4) is 0 Å². The van der Waals surface area contributed by atoms with Gasteiger partial charge in [-0.15, -0.1) is 0 Å². The van der Waals surface area contributed by atoms with E-state index in [9.17, 15) is 4.79 Å². The summed E-state index contributed by atoms with van der Waals surface area (Å²) >= 11 is 0. The third kappa shape index (κ3) is 2.98. The van der Waals surface area contributed by atoms with Crippen molar-refractivity contribution in [2.75, 3.05) is 19.8 Å². The smallest absolute Gasteiger partial charge is 0.252 e. The third-order valence-corrected chi connectivity index (χ3v) is 5.52. The Labute approximate surface area is 157 Å². The Kier molecular flexibility index (Phi) is 4.09. The zero-order valence-corrected chi connectivity index (χ0v) is 15.1. The Morgan fingerprint density at radius 3 is 2.93 bits per heavy atom. The number of ether oxygens (including phenoxy) is 2. The van der Waals surface area contributed by atoms with Gasteiger partial charge in [-0.05, 0) is 43.0 Å². The van der Waals surface area contributed by atoms with Crippen molar-refractivity contribution in [3.8, 4) is 11.5 Å². The molecule has 5 nitrogen and oxygen atoms in total. The number of nitrogens with one attached hydrogen (secondary N) is 1. The number of H-pyrrole nitrogens is 1. The van der Waals surface area contributed by atoms with E-state index in [-0.39, 0.29) is 11.6 Å². The number of hydrogen-bond acceptors (Lipinski definition) is 4. The molecule has 0 amide bonds. The maximum atomic E-state index is 12.6. The van der Waals surface area contributed by atoms with Crippen LogP contribution in [-0.4, -0.2) is 29.6 Å². The average molecular weight is 362 g/mol. The normalized spacial score (nSPS) is 19.5. The van der Waals surface area contributed by atoms with Gasteiger partial charge in [-0.1, -0.05) is 30.3 Å². The van der Waals surface area contributed by atoms with Crippen molar-refractivity contribution in [3.63, 3.8) is 0 Å². The average Bonchev–Trinajstić information content (AvgIpc) is 3.16. The highest BCUT2D eigenvalue weighted by Gasteiger charge is 2.31. The predicted molar refractivity (Wildman–Crippen MR) is 104 cm³/mol. The van der Waals surface area contributed by atoms with Gasteiger partial charge in [0.15, 0.2) is 11.5 Å². The monoisotopic (exact) mass is 362 g/mol. The summed E-state index contributed by atoms with van der Waals surface area (Å²) in [6.45, 7) is 2.79. The van der Waals surface area contributed by atoms with E-state index in [2.05, 4.69) is 16.0 Å². The van der Waals surface area contributed by atoms with Crippen molar-refractivity contribution >= 4 is 10.9 Å². The standard InChI is InChI=1S/C22H22N2O3/c25-22-16(13-15-5-1-2-7-18(15)23-22)14-24-10-4-8-19(24)17-6-3-9-20-21(17)27-12-11-26-20/h1-3,5-7,9,13,19H,4,8,10-12,14H2,(H,23,25). The quantitative estimate of drug-likeness (QED) is 0.773. The fraction of sp³-hybridized carbons (Fsp3) is 0.318. The van der Waals surface area contributed by atoms with Crippen LogP contribution in [0.1, 0.15) is 30.0 Å². The topological polar surface area (TPSA) is 54.6 Å². The number of pyridine rings is 1. The second-order valence-corrected chi connectivity index (χ2v) is 7.21. The van der Waals surface area contributed by atoms with Gasteiger partial charge in [0.2, 0.25) is 0 Å². The summed E-state index contributed by atoms with van der Waals surface area (Å²) in [6.07, 6.45) is 2.17. The molecule has 5 rings (SSSR count). The molecule has 1 N–H and O–H groups in total.